The second-order valence-corrected chi connectivity index (χ2v) is 10.0. The molecule has 0 heterocycles. The maximum atomic E-state index is 2.83. The summed E-state index contributed by atoms with van der Waals surface area (Å²) in [5.74, 6) is 0. The summed E-state index contributed by atoms with van der Waals surface area (Å²) in [5.41, 5.74) is 0. The minimum absolute atomic E-state index is 0.764. The van der Waals surface area contributed by atoms with Gasteiger partial charge in [0, 0.05) is 0 Å². The first-order chi connectivity index (χ1) is 5.74. The lowest BCUT2D eigenvalue weighted by Gasteiger charge is -2.27. The van der Waals surface area contributed by atoms with Crippen LogP contribution in [-0.2, 0) is 0 Å². The van der Waals surface area contributed by atoms with Crippen molar-refractivity contribution < 1.29 is 0 Å². The van der Waals surface area contributed by atoms with Crippen LogP contribution in [0.25, 0.3) is 0 Å². The predicted octanol–water partition coefficient (Wildman–Crippen LogP) is 4.15. The van der Waals surface area contributed by atoms with E-state index in [4.69, 9.17) is 0 Å². The number of unbranched alkanes of at least 4 members (excludes halogenated alkanes) is 1. The number of hydrogen-bond donors (Lipinski definition) is 0. The quantitative estimate of drug-likeness (QED) is 0.332. The van der Waals surface area contributed by atoms with Crippen molar-refractivity contribution in [3.05, 3.63) is 0 Å². The highest BCUT2D eigenvalue weighted by Gasteiger charge is 2.25. The van der Waals surface area contributed by atoms with E-state index in [2.05, 4.69) is 30.0 Å². The fraction of sp³-hybridized carbons (Fsp3) is 1.00. The van der Waals surface area contributed by atoms with Gasteiger partial charge in [0.2, 0.25) is 0 Å². The average molecular weight is 204 g/mol. The summed E-state index contributed by atoms with van der Waals surface area (Å²) >= 11 is 0. The fourth-order valence-electron chi connectivity index (χ4n) is 1.92. The summed E-state index contributed by atoms with van der Waals surface area (Å²) in [6.07, 6.45) is 4.19. The molecular formula is C10H25PSi. The maximum absolute atomic E-state index is 2.83. The Bertz CT molecular complexity index is 91.7. The first-order valence-electron chi connectivity index (χ1n) is 5.44. The first-order valence-corrected chi connectivity index (χ1v) is 9.09. The summed E-state index contributed by atoms with van der Waals surface area (Å²) in [5, 5.41) is 0. The van der Waals surface area contributed by atoms with Gasteiger partial charge in [0.1, 0.15) is 0 Å². The third kappa shape index (κ3) is 4.05. The van der Waals surface area contributed by atoms with Crippen LogP contribution >= 0.6 is 9.24 Å². The van der Waals surface area contributed by atoms with Gasteiger partial charge in [-0.3, -0.25) is 0 Å². The predicted molar refractivity (Wildman–Crippen MR) is 65.8 cm³/mol. The third-order valence-corrected chi connectivity index (χ3v) is 9.73. The maximum Gasteiger partial charge on any atom is 0.0527 e. The highest BCUT2D eigenvalue weighted by atomic mass is 31.0. The molecule has 0 saturated heterocycles. The zero-order valence-corrected chi connectivity index (χ0v) is 11.2. The Morgan fingerprint density at radius 3 is 1.75 bits per heavy atom. The Kier molecular flexibility index (Phi) is 7.47. The van der Waals surface area contributed by atoms with Gasteiger partial charge in [0.15, 0.2) is 0 Å². The van der Waals surface area contributed by atoms with Crippen LogP contribution in [0.4, 0.5) is 0 Å². The van der Waals surface area contributed by atoms with E-state index < -0.39 is 8.07 Å². The van der Waals surface area contributed by atoms with E-state index in [1.54, 1.807) is 6.04 Å². The molecule has 0 aliphatic rings. The molecule has 0 N–H and O–H groups in total. The zero-order chi connectivity index (χ0) is 9.45. The Labute approximate surface area is 81.7 Å². The van der Waals surface area contributed by atoms with Gasteiger partial charge in [-0.1, -0.05) is 57.8 Å². The van der Waals surface area contributed by atoms with Gasteiger partial charge in [0.25, 0.3) is 0 Å². The molecular weight excluding hydrogens is 179 g/mol. The van der Waals surface area contributed by atoms with Crippen molar-refractivity contribution in [1.82, 2.24) is 0 Å². The van der Waals surface area contributed by atoms with Crippen molar-refractivity contribution in [2.24, 2.45) is 0 Å². The van der Waals surface area contributed by atoms with Crippen LogP contribution in [-0.4, -0.2) is 14.2 Å². The van der Waals surface area contributed by atoms with Crippen molar-refractivity contribution >= 4 is 17.3 Å². The van der Waals surface area contributed by atoms with Gasteiger partial charge >= 0.3 is 0 Å². The van der Waals surface area contributed by atoms with E-state index in [-0.39, 0.29) is 0 Å². The molecule has 0 nitrogen and oxygen atoms in total. The Balaban J connectivity index is 3.76. The standard InChI is InChI=1S/C10H25PSi/c1-4-12(5-2,6-3)10-8-7-9-11/h4-11H2,1-3H3. The Hall–Kier alpha value is 0.647. The summed E-state index contributed by atoms with van der Waals surface area (Å²) in [7, 11) is 2.07. The molecule has 0 radical (unpaired) electrons. The molecule has 2 heteroatoms. The van der Waals surface area contributed by atoms with Crippen LogP contribution < -0.4 is 0 Å². The lowest BCUT2D eigenvalue weighted by molar-refractivity contribution is 0.861. The molecule has 0 amide bonds. The molecule has 0 aliphatic carbocycles. The molecule has 12 heavy (non-hydrogen) atoms. The summed E-state index contributed by atoms with van der Waals surface area (Å²) in [6, 6.07) is 6.06. The van der Waals surface area contributed by atoms with E-state index in [1.807, 2.05) is 0 Å². The van der Waals surface area contributed by atoms with Crippen molar-refractivity contribution in [3.63, 3.8) is 0 Å². The van der Waals surface area contributed by atoms with Crippen LogP contribution in [0.2, 0.25) is 24.2 Å². The summed E-state index contributed by atoms with van der Waals surface area (Å²) in [4.78, 5) is 0. The van der Waals surface area contributed by atoms with Crippen molar-refractivity contribution in [2.45, 2.75) is 57.8 Å². The average Bonchev–Trinajstić information content (AvgIpc) is 2.14. The largest absolute Gasteiger partial charge is 0.138 e. The lowest BCUT2D eigenvalue weighted by Crippen LogP contribution is -2.30. The molecule has 1 atom stereocenters. The third-order valence-electron chi connectivity index (χ3n) is 3.41. The van der Waals surface area contributed by atoms with Gasteiger partial charge in [-0.15, -0.1) is 9.24 Å². The molecule has 0 rings (SSSR count). The highest BCUT2D eigenvalue weighted by molar-refractivity contribution is 7.16. The van der Waals surface area contributed by atoms with Gasteiger partial charge < -0.3 is 0 Å². The monoisotopic (exact) mass is 204 g/mol. The number of rotatable bonds is 7. The summed E-state index contributed by atoms with van der Waals surface area (Å²) < 4.78 is 0. The second kappa shape index (κ2) is 7.09. The highest BCUT2D eigenvalue weighted by Crippen LogP contribution is 2.27. The minimum atomic E-state index is -0.764. The molecule has 0 bridgehead atoms. The molecule has 0 fully saturated rings. The van der Waals surface area contributed by atoms with E-state index >= 15 is 0 Å². The van der Waals surface area contributed by atoms with E-state index in [9.17, 15) is 0 Å². The summed E-state index contributed by atoms with van der Waals surface area (Å²) in [6.45, 7) is 7.21. The molecule has 0 aromatic heterocycles. The molecule has 0 aromatic rings. The first kappa shape index (κ1) is 12.6. The van der Waals surface area contributed by atoms with Gasteiger partial charge in [-0.05, 0) is 6.16 Å². The second-order valence-electron chi connectivity index (χ2n) is 3.81. The Morgan fingerprint density at radius 2 is 1.42 bits per heavy atom. The molecule has 0 aliphatic heterocycles. The van der Waals surface area contributed by atoms with Gasteiger partial charge in [-0.2, -0.15) is 0 Å². The van der Waals surface area contributed by atoms with Crippen LogP contribution in [0.15, 0.2) is 0 Å². The molecule has 0 saturated carbocycles. The number of hydrogen-bond acceptors (Lipinski definition) is 0. The van der Waals surface area contributed by atoms with Crippen molar-refractivity contribution in [2.75, 3.05) is 6.16 Å². The van der Waals surface area contributed by atoms with Gasteiger partial charge in [0.05, 0.1) is 8.07 Å². The normalized spacial score (nSPS) is 12.0. The lowest BCUT2D eigenvalue weighted by atomic mass is 10.4. The molecule has 0 spiro atoms. The van der Waals surface area contributed by atoms with Crippen LogP contribution in [0.3, 0.4) is 0 Å². The topological polar surface area (TPSA) is 0 Å². The van der Waals surface area contributed by atoms with Crippen LogP contribution in [0, 0.1) is 0 Å². The molecule has 1 unspecified atom stereocenters. The van der Waals surface area contributed by atoms with Gasteiger partial charge in [-0.25, -0.2) is 0 Å². The van der Waals surface area contributed by atoms with E-state index in [0.717, 1.165) is 0 Å². The smallest absolute Gasteiger partial charge is 0.0527 e. The van der Waals surface area contributed by atoms with Crippen molar-refractivity contribution in [3.8, 4) is 0 Å². The fourth-order valence-corrected chi connectivity index (χ4v) is 5.77. The van der Waals surface area contributed by atoms with E-state index in [1.165, 1.54) is 37.1 Å². The molecule has 74 valence electrons. The van der Waals surface area contributed by atoms with Crippen molar-refractivity contribution in [1.29, 1.82) is 0 Å². The van der Waals surface area contributed by atoms with Crippen LogP contribution in [0.5, 0.6) is 0 Å². The Morgan fingerprint density at radius 1 is 0.917 bits per heavy atom. The SMILES string of the molecule is CC[Si](CC)(CC)CCCCP. The van der Waals surface area contributed by atoms with Crippen LogP contribution in [0.1, 0.15) is 33.6 Å². The van der Waals surface area contributed by atoms with E-state index in [0.29, 0.717) is 0 Å². The minimum Gasteiger partial charge on any atom is -0.138 e. The zero-order valence-electron chi connectivity index (χ0n) is 9.03. The molecule has 0 aromatic carbocycles.